The van der Waals surface area contributed by atoms with Gasteiger partial charge in [0.05, 0.1) is 10.5 Å². The number of hydrogen-bond acceptors (Lipinski definition) is 5. The Kier molecular flexibility index (Phi) is 4.36. The molecule has 0 amide bonds. The molecule has 7 heteroatoms. The zero-order valence-electron chi connectivity index (χ0n) is 11.2. The van der Waals surface area contributed by atoms with E-state index in [9.17, 15) is 10.1 Å². The molecule has 0 saturated carbocycles. The van der Waals surface area contributed by atoms with Gasteiger partial charge in [0.25, 0.3) is 5.69 Å². The third-order valence-corrected chi connectivity index (χ3v) is 3.28. The highest BCUT2D eigenvalue weighted by molar-refractivity contribution is 6.31. The molecule has 1 aromatic carbocycles. The standard InChI is InChI=1S/C14H11ClN4O2/c1-18(14-5-2-10(7-16)8-17-14)9-11-6-12(19(20)21)3-4-13(11)15/h2-6,8H,9H2,1H3. The highest BCUT2D eigenvalue weighted by Crippen LogP contribution is 2.24. The summed E-state index contributed by atoms with van der Waals surface area (Å²) < 4.78 is 0. The zero-order chi connectivity index (χ0) is 15.4. The summed E-state index contributed by atoms with van der Waals surface area (Å²) >= 11 is 6.07. The van der Waals surface area contributed by atoms with Crippen molar-refractivity contribution in [2.75, 3.05) is 11.9 Å². The Bertz CT molecular complexity index is 710. The molecule has 0 atom stereocenters. The summed E-state index contributed by atoms with van der Waals surface area (Å²) in [5.74, 6) is 0.650. The summed E-state index contributed by atoms with van der Waals surface area (Å²) in [6.07, 6.45) is 1.47. The van der Waals surface area contributed by atoms with Gasteiger partial charge in [-0.25, -0.2) is 4.98 Å². The van der Waals surface area contributed by atoms with E-state index in [-0.39, 0.29) is 5.69 Å². The van der Waals surface area contributed by atoms with Crippen LogP contribution in [-0.4, -0.2) is 17.0 Å². The molecular formula is C14H11ClN4O2. The average Bonchev–Trinajstić information content (AvgIpc) is 2.49. The third kappa shape index (κ3) is 3.46. The van der Waals surface area contributed by atoms with E-state index in [1.807, 2.05) is 6.07 Å². The van der Waals surface area contributed by atoms with Crippen molar-refractivity contribution >= 4 is 23.1 Å². The smallest absolute Gasteiger partial charge is 0.269 e. The molecule has 0 aliphatic heterocycles. The van der Waals surface area contributed by atoms with Crippen molar-refractivity contribution in [2.45, 2.75) is 6.54 Å². The molecule has 0 saturated heterocycles. The second-order valence-corrected chi connectivity index (χ2v) is 4.81. The number of non-ortho nitro benzene ring substituents is 1. The van der Waals surface area contributed by atoms with Crippen LogP contribution in [0.2, 0.25) is 5.02 Å². The lowest BCUT2D eigenvalue weighted by Crippen LogP contribution is -2.18. The number of nitro groups is 1. The lowest BCUT2D eigenvalue weighted by atomic mass is 10.2. The maximum atomic E-state index is 10.8. The SMILES string of the molecule is CN(Cc1cc([N+](=O)[O-])ccc1Cl)c1ccc(C#N)cn1. The molecular weight excluding hydrogens is 292 g/mol. The van der Waals surface area contributed by atoms with E-state index in [0.29, 0.717) is 28.5 Å². The topological polar surface area (TPSA) is 83.1 Å². The van der Waals surface area contributed by atoms with E-state index >= 15 is 0 Å². The van der Waals surface area contributed by atoms with Gasteiger partial charge in [0, 0.05) is 36.9 Å². The number of aromatic nitrogens is 1. The Labute approximate surface area is 126 Å². The molecule has 0 spiro atoms. The number of halogens is 1. The number of pyridine rings is 1. The molecule has 0 radical (unpaired) electrons. The van der Waals surface area contributed by atoms with Crippen LogP contribution in [0.5, 0.6) is 0 Å². The molecule has 0 N–H and O–H groups in total. The van der Waals surface area contributed by atoms with Crippen molar-refractivity contribution < 1.29 is 4.92 Å². The molecule has 1 aromatic heterocycles. The fraction of sp³-hybridized carbons (Fsp3) is 0.143. The van der Waals surface area contributed by atoms with Crippen LogP contribution in [0.25, 0.3) is 0 Å². The van der Waals surface area contributed by atoms with Crippen molar-refractivity contribution in [3.05, 3.63) is 62.8 Å². The molecule has 1 heterocycles. The summed E-state index contributed by atoms with van der Waals surface area (Å²) in [7, 11) is 1.80. The van der Waals surface area contributed by atoms with Gasteiger partial charge in [-0.2, -0.15) is 5.26 Å². The highest BCUT2D eigenvalue weighted by atomic mass is 35.5. The maximum absolute atomic E-state index is 10.8. The summed E-state index contributed by atoms with van der Waals surface area (Å²) in [6, 6.07) is 9.69. The molecule has 0 bridgehead atoms. The van der Waals surface area contributed by atoms with Gasteiger partial charge in [0.15, 0.2) is 0 Å². The van der Waals surface area contributed by atoms with Crippen molar-refractivity contribution in [3.8, 4) is 6.07 Å². The molecule has 0 fully saturated rings. The van der Waals surface area contributed by atoms with Crippen molar-refractivity contribution in [3.63, 3.8) is 0 Å². The van der Waals surface area contributed by atoms with E-state index in [0.717, 1.165) is 0 Å². The largest absolute Gasteiger partial charge is 0.355 e. The number of benzene rings is 1. The Morgan fingerprint density at radius 2 is 2.19 bits per heavy atom. The minimum atomic E-state index is -0.459. The van der Waals surface area contributed by atoms with Crippen LogP contribution < -0.4 is 4.90 Å². The number of anilines is 1. The van der Waals surface area contributed by atoms with Crippen LogP contribution in [0.15, 0.2) is 36.5 Å². The molecule has 2 aromatic rings. The van der Waals surface area contributed by atoms with Crippen LogP contribution in [0.3, 0.4) is 0 Å². The fourth-order valence-corrected chi connectivity index (χ4v) is 1.99. The first kappa shape index (κ1) is 14.8. The quantitative estimate of drug-likeness (QED) is 0.640. The lowest BCUT2D eigenvalue weighted by molar-refractivity contribution is -0.384. The first-order valence-corrected chi connectivity index (χ1v) is 6.39. The Morgan fingerprint density at radius 1 is 1.43 bits per heavy atom. The molecule has 106 valence electrons. The normalized spacial score (nSPS) is 9.95. The first-order valence-electron chi connectivity index (χ1n) is 6.01. The van der Waals surface area contributed by atoms with Crippen LogP contribution >= 0.6 is 11.6 Å². The lowest BCUT2D eigenvalue weighted by Gasteiger charge is -2.18. The van der Waals surface area contributed by atoms with Crippen LogP contribution in [-0.2, 0) is 6.54 Å². The fourth-order valence-electron chi connectivity index (χ4n) is 1.81. The minimum Gasteiger partial charge on any atom is -0.355 e. The second-order valence-electron chi connectivity index (χ2n) is 4.41. The monoisotopic (exact) mass is 302 g/mol. The summed E-state index contributed by atoms with van der Waals surface area (Å²) in [5, 5.41) is 20.0. The summed E-state index contributed by atoms with van der Waals surface area (Å²) in [5.41, 5.74) is 1.11. The second kappa shape index (κ2) is 6.20. The predicted octanol–water partition coefficient (Wildman–Crippen LogP) is 3.15. The van der Waals surface area contributed by atoms with Crippen molar-refractivity contribution in [2.24, 2.45) is 0 Å². The molecule has 0 aliphatic carbocycles. The Balaban J connectivity index is 2.22. The average molecular weight is 303 g/mol. The van der Waals surface area contributed by atoms with E-state index in [1.165, 1.54) is 24.4 Å². The van der Waals surface area contributed by atoms with E-state index in [4.69, 9.17) is 16.9 Å². The van der Waals surface area contributed by atoms with Crippen molar-refractivity contribution in [1.82, 2.24) is 4.98 Å². The van der Waals surface area contributed by atoms with Crippen molar-refractivity contribution in [1.29, 1.82) is 5.26 Å². The number of rotatable bonds is 4. The van der Waals surface area contributed by atoms with Crippen LogP contribution in [0, 0.1) is 21.4 Å². The van der Waals surface area contributed by atoms with Gasteiger partial charge in [-0.05, 0) is 23.8 Å². The Hall–Kier alpha value is -2.65. The highest BCUT2D eigenvalue weighted by Gasteiger charge is 2.12. The molecule has 2 rings (SSSR count). The summed E-state index contributed by atoms with van der Waals surface area (Å²) in [6.45, 7) is 0.374. The number of nitriles is 1. The minimum absolute atomic E-state index is 0.00409. The van der Waals surface area contributed by atoms with Gasteiger partial charge in [0.1, 0.15) is 11.9 Å². The van der Waals surface area contributed by atoms with Gasteiger partial charge >= 0.3 is 0 Å². The van der Waals surface area contributed by atoms with E-state index in [1.54, 1.807) is 24.1 Å². The molecule has 0 unspecified atom stereocenters. The number of hydrogen-bond donors (Lipinski definition) is 0. The zero-order valence-corrected chi connectivity index (χ0v) is 11.9. The molecule has 0 aliphatic rings. The van der Waals surface area contributed by atoms with Gasteiger partial charge in [-0.3, -0.25) is 10.1 Å². The van der Waals surface area contributed by atoms with E-state index < -0.39 is 4.92 Å². The van der Waals surface area contributed by atoms with Gasteiger partial charge in [0.2, 0.25) is 0 Å². The predicted molar refractivity (Wildman–Crippen MR) is 79.2 cm³/mol. The van der Waals surface area contributed by atoms with Gasteiger partial charge in [-0.1, -0.05) is 11.6 Å². The van der Waals surface area contributed by atoms with Gasteiger partial charge < -0.3 is 4.90 Å². The first-order chi connectivity index (χ1) is 10.0. The molecule has 21 heavy (non-hydrogen) atoms. The summed E-state index contributed by atoms with van der Waals surface area (Å²) in [4.78, 5) is 16.3. The maximum Gasteiger partial charge on any atom is 0.269 e. The third-order valence-electron chi connectivity index (χ3n) is 2.92. The number of nitro benzene ring substituents is 1. The van der Waals surface area contributed by atoms with E-state index in [2.05, 4.69) is 4.98 Å². The number of nitrogens with zero attached hydrogens (tertiary/aromatic N) is 4. The Morgan fingerprint density at radius 3 is 2.76 bits per heavy atom. The van der Waals surface area contributed by atoms with Gasteiger partial charge in [-0.15, -0.1) is 0 Å². The van der Waals surface area contributed by atoms with Crippen LogP contribution in [0.1, 0.15) is 11.1 Å². The molecule has 6 nitrogen and oxygen atoms in total. The van der Waals surface area contributed by atoms with Crippen LogP contribution in [0.4, 0.5) is 11.5 Å².